The first-order chi connectivity index (χ1) is 18.5. The Morgan fingerprint density at radius 3 is 2.31 bits per heavy atom. The van der Waals surface area contributed by atoms with E-state index in [1.165, 1.54) is 11.0 Å². The van der Waals surface area contributed by atoms with Crippen molar-refractivity contribution < 1.29 is 26.8 Å². The van der Waals surface area contributed by atoms with Crippen LogP contribution in [0.15, 0.2) is 42.5 Å². The molecule has 0 heterocycles. The zero-order valence-corrected chi connectivity index (χ0v) is 23.9. The van der Waals surface area contributed by atoms with E-state index in [4.69, 9.17) is 11.6 Å². The van der Waals surface area contributed by atoms with Crippen molar-refractivity contribution in [1.29, 1.82) is 0 Å². The summed E-state index contributed by atoms with van der Waals surface area (Å²) in [5.41, 5.74) is 0.774. The fourth-order valence-electron chi connectivity index (χ4n) is 4.89. The molecule has 1 unspecified atom stereocenters. The summed E-state index contributed by atoms with van der Waals surface area (Å²) in [7, 11) is -3.83. The topological polar surface area (TPSA) is 86.8 Å². The molecule has 0 spiro atoms. The quantitative estimate of drug-likeness (QED) is 0.361. The van der Waals surface area contributed by atoms with Gasteiger partial charge in [0.25, 0.3) is 0 Å². The van der Waals surface area contributed by atoms with Gasteiger partial charge < -0.3 is 10.2 Å². The second-order valence-electron chi connectivity index (χ2n) is 9.95. The van der Waals surface area contributed by atoms with Crippen molar-refractivity contribution in [1.82, 2.24) is 10.2 Å². The fourth-order valence-corrected chi connectivity index (χ4v) is 5.98. The molecule has 1 fully saturated rings. The lowest BCUT2D eigenvalue weighted by molar-refractivity contribution is -0.141. The number of hydrogen-bond acceptors (Lipinski definition) is 4. The molecule has 0 aliphatic heterocycles. The standard InChI is InChI=1S/C28H36ClF2N3O4S/c1-3-26(28(36)32-22-8-5-4-6-9-22)33(19-20-11-13-21(29)14-12-20)27(35)10-7-17-34(39(2,37)38)23-15-16-24(30)25(31)18-23/h11-16,18,22,26H,3-10,17,19H2,1-2H3,(H,32,36). The first kappa shape index (κ1) is 30.8. The Labute approximate surface area is 234 Å². The summed E-state index contributed by atoms with van der Waals surface area (Å²) in [4.78, 5) is 28.4. The zero-order chi connectivity index (χ0) is 28.6. The van der Waals surface area contributed by atoms with Crippen LogP contribution >= 0.6 is 11.6 Å². The number of benzene rings is 2. The van der Waals surface area contributed by atoms with Gasteiger partial charge in [-0.3, -0.25) is 13.9 Å². The molecule has 214 valence electrons. The molecule has 1 aliphatic rings. The van der Waals surface area contributed by atoms with Gasteiger partial charge in [-0.2, -0.15) is 0 Å². The van der Waals surface area contributed by atoms with Crippen LogP contribution in [0.25, 0.3) is 0 Å². The van der Waals surface area contributed by atoms with Crippen LogP contribution in [-0.4, -0.2) is 50.0 Å². The van der Waals surface area contributed by atoms with Crippen LogP contribution in [0.2, 0.25) is 5.02 Å². The van der Waals surface area contributed by atoms with Gasteiger partial charge in [0, 0.05) is 36.6 Å². The minimum absolute atomic E-state index is 0.0276. The van der Waals surface area contributed by atoms with E-state index < -0.39 is 27.7 Å². The number of nitrogens with zero attached hydrogens (tertiary/aromatic N) is 2. The van der Waals surface area contributed by atoms with Crippen molar-refractivity contribution >= 4 is 39.1 Å². The molecule has 3 rings (SSSR count). The summed E-state index contributed by atoms with van der Waals surface area (Å²) in [6.45, 7) is 1.92. The highest BCUT2D eigenvalue weighted by molar-refractivity contribution is 7.92. The summed E-state index contributed by atoms with van der Waals surface area (Å²) in [6, 6.07) is 9.26. The molecule has 0 aromatic heterocycles. The normalized spacial score (nSPS) is 15.0. The molecule has 7 nitrogen and oxygen atoms in total. The van der Waals surface area contributed by atoms with Gasteiger partial charge in [0.2, 0.25) is 21.8 Å². The maximum atomic E-state index is 13.8. The highest BCUT2D eigenvalue weighted by atomic mass is 35.5. The number of rotatable bonds is 12. The van der Waals surface area contributed by atoms with Gasteiger partial charge in [-0.05, 0) is 55.5 Å². The SMILES string of the molecule is CCC(C(=O)NC1CCCCC1)N(Cc1ccc(Cl)cc1)C(=O)CCCN(c1ccc(F)c(F)c1)S(C)(=O)=O. The highest BCUT2D eigenvalue weighted by Crippen LogP contribution is 2.23. The predicted octanol–water partition coefficient (Wildman–Crippen LogP) is 5.42. The van der Waals surface area contributed by atoms with Gasteiger partial charge in [-0.1, -0.05) is 49.9 Å². The lowest BCUT2D eigenvalue weighted by atomic mass is 9.95. The number of carbonyl (C=O) groups is 2. The molecule has 0 radical (unpaired) electrons. The van der Waals surface area contributed by atoms with Crippen molar-refractivity contribution in [2.75, 3.05) is 17.1 Å². The minimum atomic E-state index is -3.83. The van der Waals surface area contributed by atoms with Crippen molar-refractivity contribution in [2.24, 2.45) is 0 Å². The predicted molar refractivity (Wildman–Crippen MR) is 149 cm³/mol. The minimum Gasteiger partial charge on any atom is -0.352 e. The molecule has 1 N–H and O–H groups in total. The lowest BCUT2D eigenvalue weighted by Gasteiger charge is -2.33. The van der Waals surface area contributed by atoms with E-state index in [-0.39, 0.29) is 49.5 Å². The number of sulfonamides is 1. The Morgan fingerprint density at radius 2 is 1.72 bits per heavy atom. The van der Waals surface area contributed by atoms with Gasteiger partial charge in [-0.15, -0.1) is 0 Å². The maximum absolute atomic E-state index is 13.8. The molecule has 1 saturated carbocycles. The van der Waals surface area contributed by atoms with Crippen LogP contribution in [0.3, 0.4) is 0 Å². The summed E-state index contributed by atoms with van der Waals surface area (Å²) in [5, 5.41) is 3.67. The Morgan fingerprint density at radius 1 is 1.05 bits per heavy atom. The third-order valence-electron chi connectivity index (χ3n) is 6.95. The molecule has 1 aliphatic carbocycles. The Balaban J connectivity index is 1.76. The summed E-state index contributed by atoms with van der Waals surface area (Å²) >= 11 is 6.02. The van der Waals surface area contributed by atoms with Crippen LogP contribution in [0.1, 0.15) is 63.9 Å². The fraction of sp³-hybridized carbons (Fsp3) is 0.500. The molecular weight excluding hydrogens is 548 g/mol. The smallest absolute Gasteiger partial charge is 0.243 e. The molecule has 1 atom stereocenters. The van der Waals surface area contributed by atoms with Crippen LogP contribution < -0.4 is 9.62 Å². The zero-order valence-electron chi connectivity index (χ0n) is 22.3. The number of hydrogen-bond donors (Lipinski definition) is 1. The van der Waals surface area contributed by atoms with Crippen molar-refractivity contribution in [3.8, 4) is 0 Å². The number of nitrogens with one attached hydrogen (secondary N) is 1. The monoisotopic (exact) mass is 583 g/mol. The van der Waals surface area contributed by atoms with E-state index in [0.717, 1.165) is 60.4 Å². The first-order valence-corrected chi connectivity index (χ1v) is 15.5. The van der Waals surface area contributed by atoms with Crippen LogP contribution in [0, 0.1) is 11.6 Å². The van der Waals surface area contributed by atoms with Gasteiger partial charge in [0.1, 0.15) is 6.04 Å². The van der Waals surface area contributed by atoms with Crippen molar-refractivity contribution in [3.05, 3.63) is 64.7 Å². The Bertz CT molecular complexity index is 1240. The average Bonchev–Trinajstić information content (AvgIpc) is 2.89. The van der Waals surface area contributed by atoms with E-state index in [9.17, 15) is 26.8 Å². The van der Waals surface area contributed by atoms with E-state index in [1.807, 2.05) is 6.92 Å². The van der Waals surface area contributed by atoms with Gasteiger partial charge in [0.15, 0.2) is 11.6 Å². The molecule has 2 aromatic rings. The highest BCUT2D eigenvalue weighted by Gasteiger charge is 2.30. The molecule has 0 bridgehead atoms. The van der Waals surface area contributed by atoms with E-state index in [1.54, 1.807) is 24.3 Å². The Kier molecular flexibility index (Phi) is 11.1. The third kappa shape index (κ3) is 8.89. The maximum Gasteiger partial charge on any atom is 0.243 e. The lowest BCUT2D eigenvalue weighted by Crippen LogP contribution is -2.51. The summed E-state index contributed by atoms with van der Waals surface area (Å²) < 4.78 is 52.9. The largest absolute Gasteiger partial charge is 0.352 e. The van der Waals surface area contributed by atoms with Gasteiger partial charge in [-0.25, -0.2) is 17.2 Å². The molecule has 39 heavy (non-hydrogen) atoms. The number of halogens is 3. The van der Waals surface area contributed by atoms with Crippen LogP contribution in [0.5, 0.6) is 0 Å². The van der Waals surface area contributed by atoms with E-state index >= 15 is 0 Å². The molecule has 0 saturated heterocycles. The number of carbonyl (C=O) groups excluding carboxylic acids is 2. The number of amides is 2. The van der Waals surface area contributed by atoms with Gasteiger partial charge >= 0.3 is 0 Å². The number of anilines is 1. The summed E-state index contributed by atoms with van der Waals surface area (Å²) in [6.07, 6.45) is 6.54. The Hall–Kier alpha value is -2.72. The molecular formula is C28H36ClF2N3O4S. The second-order valence-corrected chi connectivity index (χ2v) is 12.3. The van der Waals surface area contributed by atoms with Crippen LogP contribution in [0.4, 0.5) is 14.5 Å². The van der Waals surface area contributed by atoms with Crippen molar-refractivity contribution in [3.63, 3.8) is 0 Å². The van der Waals surface area contributed by atoms with Crippen molar-refractivity contribution in [2.45, 2.75) is 76.9 Å². The van der Waals surface area contributed by atoms with Crippen LogP contribution in [-0.2, 0) is 26.2 Å². The van der Waals surface area contributed by atoms with E-state index in [2.05, 4.69) is 5.32 Å². The van der Waals surface area contributed by atoms with Gasteiger partial charge in [0.05, 0.1) is 11.9 Å². The van der Waals surface area contributed by atoms with E-state index in [0.29, 0.717) is 11.4 Å². The summed E-state index contributed by atoms with van der Waals surface area (Å²) in [5.74, 6) is -2.76. The third-order valence-corrected chi connectivity index (χ3v) is 8.39. The molecule has 2 amide bonds. The molecule has 11 heteroatoms. The average molecular weight is 584 g/mol. The first-order valence-electron chi connectivity index (χ1n) is 13.3. The second kappa shape index (κ2) is 14.1. The molecule has 2 aromatic carbocycles.